The summed E-state index contributed by atoms with van der Waals surface area (Å²) in [5.41, 5.74) is 3.10. The molecular formula is C22H20N2O3S. The molecule has 0 spiro atoms. The van der Waals surface area contributed by atoms with Gasteiger partial charge < -0.3 is 15.0 Å². The Bertz CT molecular complexity index is 1010. The third-order valence-corrected chi connectivity index (χ3v) is 5.65. The molecule has 0 saturated heterocycles. The fourth-order valence-corrected chi connectivity index (χ4v) is 4.10. The maximum atomic E-state index is 12.9. The van der Waals surface area contributed by atoms with Crippen molar-refractivity contribution in [2.24, 2.45) is 0 Å². The highest BCUT2D eigenvalue weighted by atomic mass is 32.1. The van der Waals surface area contributed by atoms with Crippen molar-refractivity contribution in [2.75, 3.05) is 23.9 Å². The number of nitrogens with zero attached hydrogens (tertiary/aromatic N) is 1. The highest BCUT2D eigenvalue weighted by Crippen LogP contribution is 2.32. The maximum absolute atomic E-state index is 12.9. The molecule has 1 aliphatic heterocycles. The van der Waals surface area contributed by atoms with Crippen molar-refractivity contribution < 1.29 is 14.3 Å². The third-order valence-electron chi connectivity index (χ3n) is 4.79. The van der Waals surface area contributed by atoms with E-state index in [0.29, 0.717) is 23.5 Å². The van der Waals surface area contributed by atoms with Crippen molar-refractivity contribution in [3.8, 4) is 5.75 Å². The monoisotopic (exact) mass is 392 g/mol. The number of rotatable bonds is 4. The van der Waals surface area contributed by atoms with E-state index in [1.807, 2.05) is 46.7 Å². The molecule has 2 aromatic carbocycles. The van der Waals surface area contributed by atoms with E-state index < -0.39 is 0 Å². The molecule has 0 aliphatic carbocycles. The molecule has 1 N–H and O–H groups in total. The number of thiophene rings is 1. The number of hydrogen-bond acceptors (Lipinski definition) is 4. The van der Waals surface area contributed by atoms with Gasteiger partial charge in [0.05, 0.1) is 17.6 Å². The number of aryl methyl sites for hydroxylation is 1. The Kier molecular flexibility index (Phi) is 5.12. The van der Waals surface area contributed by atoms with E-state index in [9.17, 15) is 9.59 Å². The number of hydrogen-bond donors (Lipinski definition) is 1. The first-order valence-corrected chi connectivity index (χ1v) is 9.98. The van der Waals surface area contributed by atoms with Crippen molar-refractivity contribution >= 4 is 34.5 Å². The van der Waals surface area contributed by atoms with Gasteiger partial charge in [-0.2, -0.15) is 0 Å². The van der Waals surface area contributed by atoms with E-state index in [1.54, 1.807) is 25.3 Å². The first-order valence-electron chi connectivity index (χ1n) is 9.10. The van der Waals surface area contributed by atoms with E-state index >= 15 is 0 Å². The molecule has 0 saturated carbocycles. The fourth-order valence-electron chi connectivity index (χ4n) is 3.43. The van der Waals surface area contributed by atoms with Gasteiger partial charge in [0.25, 0.3) is 11.8 Å². The number of carbonyl (C=O) groups is 2. The molecule has 0 radical (unpaired) electrons. The Morgan fingerprint density at radius 2 is 1.96 bits per heavy atom. The number of amides is 2. The number of carbonyl (C=O) groups excluding carboxylic acids is 2. The molecule has 2 heterocycles. The maximum Gasteiger partial charge on any atom is 0.268 e. The van der Waals surface area contributed by atoms with Crippen LogP contribution in [0.25, 0.3) is 0 Å². The number of ether oxygens (including phenoxy) is 1. The molecule has 5 nitrogen and oxygen atoms in total. The number of para-hydroxylation sites is 1. The average Bonchev–Trinajstić information content (AvgIpc) is 3.27. The van der Waals surface area contributed by atoms with Crippen LogP contribution in [-0.4, -0.2) is 25.5 Å². The molecule has 28 heavy (non-hydrogen) atoms. The van der Waals surface area contributed by atoms with Gasteiger partial charge in [0, 0.05) is 17.9 Å². The summed E-state index contributed by atoms with van der Waals surface area (Å²) in [5, 5.41) is 4.83. The Labute approximate surface area is 167 Å². The fraction of sp³-hybridized carbons (Fsp3) is 0.182. The van der Waals surface area contributed by atoms with Crippen molar-refractivity contribution in [1.29, 1.82) is 0 Å². The van der Waals surface area contributed by atoms with Crippen molar-refractivity contribution in [2.45, 2.75) is 12.8 Å². The van der Waals surface area contributed by atoms with Gasteiger partial charge in [-0.1, -0.05) is 24.3 Å². The second-order valence-electron chi connectivity index (χ2n) is 6.54. The second-order valence-corrected chi connectivity index (χ2v) is 7.48. The minimum Gasteiger partial charge on any atom is -0.496 e. The molecule has 1 aromatic heterocycles. The van der Waals surface area contributed by atoms with Gasteiger partial charge in [0.15, 0.2) is 0 Å². The highest BCUT2D eigenvalue weighted by molar-refractivity contribution is 7.12. The minimum absolute atomic E-state index is 0.00385. The van der Waals surface area contributed by atoms with Crippen LogP contribution in [0.3, 0.4) is 0 Å². The predicted molar refractivity (Wildman–Crippen MR) is 112 cm³/mol. The van der Waals surface area contributed by atoms with Gasteiger partial charge >= 0.3 is 0 Å². The summed E-state index contributed by atoms with van der Waals surface area (Å²) in [4.78, 5) is 28.1. The Balaban J connectivity index is 1.61. The van der Waals surface area contributed by atoms with E-state index in [0.717, 1.165) is 29.0 Å². The Hall–Kier alpha value is -3.12. The summed E-state index contributed by atoms with van der Waals surface area (Å²) in [6.07, 6.45) is 1.85. The summed E-state index contributed by atoms with van der Waals surface area (Å²) >= 11 is 1.44. The predicted octanol–water partition coefficient (Wildman–Crippen LogP) is 4.60. The van der Waals surface area contributed by atoms with Crippen LogP contribution in [0.2, 0.25) is 0 Å². The molecule has 3 aromatic rings. The molecule has 142 valence electrons. The zero-order valence-corrected chi connectivity index (χ0v) is 16.3. The van der Waals surface area contributed by atoms with E-state index in [-0.39, 0.29) is 11.8 Å². The molecule has 1 aliphatic rings. The first kappa shape index (κ1) is 18.3. The second kappa shape index (κ2) is 7.86. The average molecular weight is 392 g/mol. The van der Waals surface area contributed by atoms with Gasteiger partial charge in [-0.15, -0.1) is 11.3 Å². The molecule has 0 fully saturated rings. The zero-order chi connectivity index (χ0) is 19.5. The van der Waals surface area contributed by atoms with Crippen LogP contribution < -0.4 is 15.0 Å². The summed E-state index contributed by atoms with van der Waals surface area (Å²) in [5.74, 6) is 0.279. The number of benzene rings is 2. The molecule has 6 heteroatoms. The molecule has 2 amide bonds. The number of anilines is 2. The standard InChI is InChI=1S/C22H20N2O3S/c1-27-19-8-3-2-7-17(19)21(25)23-16-11-10-15-6-4-12-24(18(15)14-16)22(26)20-9-5-13-28-20/h2-3,5,7-11,13-14H,4,6,12H2,1H3,(H,23,25). The summed E-state index contributed by atoms with van der Waals surface area (Å²) < 4.78 is 5.27. The van der Waals surface area contributed by atoms with Crippen LogP contribution in [-0.2, 0) is 6.42 Å². The van der Waals surface area contributed by atoms with Crippen LogP contribution in [0.5, 0.6) is 5.75 Å². The van der Waals surface area contributed by atoms with Crippen LogP contribution in [0.15, 0.2) is 60.0 Å². The van der Waals surface area contributed by atoms with Gasteiger partial charge in [0.1, 0.15) is 5.75 Å². The van der Waals surface area contributed by atoms with Crippen molar-refractivity contribution in [3.63, 3.8) is 0 Å². The van der Waals surface area contributed by atoms with Crippen LogP contribution in [0.4, 0.5) is 11.4 Å². The Morgan fingerprint density at radius 1 is 1.11 bits per heavy atom. The third kappa shape index (κ3) is 3.51. The number of methoxy groups -OCH3 is 1. The van der Waals surface area contributed by atoms with Crippen molar-refractivity contribution in [1.82, 2.24) is 0 Å². The van der Waals surface area contributed by atoms with Crippen LogP contribution >= 0.6 is 11.3 Å². The summed E-state index contributed by atoms with van der Waals surface area (Å²) in [7, 11) is 1.54. The number of fused-ring (bicyclic) bond motifs is 1. The van der Waals surface area contributed by atoms with Gasteiger partial charge in [-0.05, 0) is 54.1 Å². The summed E-state index contributed by atoms with van der Waals surface area (Å²) in [6.45, 7) is 0.674. The lowest BCUT2D eigenvalue weighted by Crippen LogP contribution is -2.35. The lowest BCUT2D eigenvalue weighted by molar-refractivity contribution is 0.0987. The minimum atomic E-state index is -0.246. The van der Waals surface area contributed by atoms with Gasteiger partial charge in [-0.3, -0.25) is 9.59 Å². The molecule has 0 unspecified atom stereocenters. The highest BCUT2D eigenvalue weighted by Gasteiger charge is 2.25. The lowest BCUT2D eigenvalue weighted by Gasteiger charge is -2.29. The van der Waals surface area contributed by atoms with Gasteiger partial charge in [0.2, 0.25) is 0 Å². The van der Waals surface area contributed by atoms with Crippen LogP contribution in [0, 0.1) is 0 Å². The van der Waals surface area contributed by atoms with Crippen molar-refractivity contribution in [3.05, 3.63) is 76.0 Å². The molecular weight excluding hydrogens is 372 g/mol. The molecule has 0 bridgehead atoms. The Morgan fingerprint density at radius 3 is 2.75 bits per heavy atom. The molecule has 4 rings (SSSR count). The SMILES string of the molecule is COc1ccccc1C(=O)Nc1ccc2c(c1)N(C(=O)c1cccs1)CCC2. The van der Waals surface area contributed by atoms with E-state index in [4.69, 9.17) is 4.74 Å². The van der Waals surface area contributed by atoms with E-state index in [1.165, 1.54) is 11.3 Å². The summed E-state index contributed by atoms with van der Waals surface area (Å²) in [6, 6.07) is 16.6. The largest absolute Gasteiger partial charge is 0.496 e. The zero-order valence-electron chi connectivity index (χ0n) is 15.5. The normalized spacial score (nSPS) is 13.0. The number of nitrogens with one attached hydrogen (secondary N) is 1. The van der Waals surface area contributed by atoms with Crippen LogP contribution in [0.1, 0.15) is 32.0 Å². The topological polar surface area (TPSA) is 58.6 Å². The van der Waals surface area contributed by atoms with E-state index in [2.05, 4.69) is 5.32 Å². The first-order chi connectivity index (χ1) is 13.7. The quantitative estimate of drug-likeness (QED) is 0.706. The lowest BCUT2D eigenvalue weighted by atomic mass is 10.0. The smallest absolute Gasteiger partial charge is 0.268 e. The molecule has 0 atom stereocenters. The van der Waals surface area contributed by atoms with Gasteiger partial charge in [-0.25, -0.2) is 0 Å².